The van der Waals surface area contributed by atoms with Gasteiger partial charge >= 0.3 is 5.97 Å². The number of anilines is 1. The van der Waals surface area contributed by atoms with Crippen LogP contribution < -0.4 is 5.01 Å². The van der Waals surface area contributed by atoms with Gasteiger partial charge in [-0.15, -0.1) is 11.3 Å². The molecule has 0 aliphatic carbocycles. The third kappa shape index (κ3) is 4.74. The van der Waals surface area contributed by atoms with Crippen LogP contribution in [0, 0.1) is 35.5 Å². The van der Waals surface area contributed by atoms with E-state index in [1.807, 2.05) is 18.2 Å². The zero-order valence-electron chi connectivity index (χ0n) is 18.3. The number of benzene rings is 1. The van der Waals surface area contributed by atoms with Crippen molar-refractivity contribution in [2.24, 2.45) is 11.0 Å². The molecule has 0 fully saturated rings. The van der Waals surface area contributed by atoms with Crippen molar-refractivity contribution >= 4 is 40.4 Å². The normalized spacial score (nSPS) is 15.6. The number of thiophene rings is 1. The van der Waals surface area contributed by atoms with Gasteiger partial charge in [-0.25, -0.2) is 4.79 Å². The summed E-state index contributed by atoms with van der Waals surface area (Å²) in [7, 11) is 0. The molecule has 0 unspecified atom stereocenters. The maximum atomic E-state index is 12.9. The standard InChI is InChI=1S/C24H20N4O4S/c1-4-32-24(31)22-14(2)19(13-26)21(33-22)11-20(29)16(12-25)10-18-15(3)27-28(23(18)30)17-8-6-5-7-9-17/h5-10,18H,4,11H2,1-3H3/b16-10-/t18-/m1/s1. The Bertz CT molecular complexity index is 1260. The zero-order valence-corrected chi connectivity index (χ0v) is 19.1. The number of allylic oxidation sites excluding steroid dienone is 1. The van der Waals surface area contributed by atoms with Crippen LogP contribution in [0.3, 0.4) is 0 Å². The topological polar surface area (TPSA) is 124 Å². The van der Waals surface area contributed by atoms with Crippen molar-refractivity contribution in [1.29, 1.82) is 10.5 Å². The molecule has 0 saturated heterocycles. The Labute approximate surface area is 195 Å². The summed E-state index contributed by atoms with van der Waals surface area (Å²) in [5.74, 6) is -2.33. The van der Waals surface area contributed by atoms with E-state index in [1.54, 1.807) is 45.0 Å². The molecule has 3 rings (SSSR count). The average molecular weight is 461 g/mol. The minimum Gasteiger partial charge on any atom is -0.462 e. The number of carbonyl (C=O) groups is 3. The van der Waals surface area contributed by atoms with E-state index in [9.17, 15) is 24.9 Å². The summed E-state index contributed by atoms with van der Waals surface area (Å²) in [4.78, 5) is 38.6. The maximum absolute atomic E-state index is 12.9. The fourth-order valence-electron chi connectivity index (χ4n) is 3.36. The van der Waals surface area contributed by atoms with Crippen LogP contribution in [0.15, 0.2) is 47.1 Å². The van der Waals surface area contributed by atoms with Crippen molar-refractivity contribution in [3.8, 4) is 12.1 Å². The van der Waals surface area contributed by atoms with Crippen LogP contribution in [0.2, 0.25) is 0 Å². The summed E-state index contributed by atoms with van der Waals surface area (Å²) in [5.41, 5.74) is 1.50. The number of nitriles is 2. The number of carbonyl (C=O) groups excluding carboxylic acids is 3. The molecular weight excluding hydrogens is 440 g/mol. The number of para-hydroxylation sites is 1. The maximum Gasteiger partial charge on any atom is 0.348 e. The molecule has 0 spiro atoms. The van der Waals surface area contributed by atoms with E-state index in [1.165, 1.54) is 11.1 Å². The lowest BCUT2D eigenvalue weighted by Gasteiger charge is -2.12. The van der Waals surface area contributed by atoms with Crippen LogP contribution >= 0.6 is 11.3 Å². The first-order valence-electron chi connectivity index (χ1n) is 10.1. The van der Waals surface area contributed by atoms with E-state index in [4.69, 9.17) is 4.74 Å². The number of amides is 1. The second-order valence-electron chi connectivity index (χ2n) is 7.18. The van der Waals surface area contributed by atoms with Gasteiger partial charge in [-0.05, 0) is 44.5 Å². The Hall–Kier alpha value is -4.08. The molecule has 0 N–H and O–H groups in total. The molecular formula is C24H20N4O4S. The highest BCUT2D eigenvalue weighted by Gasteiger charge is 2.34. The minimum absolute atomic E-state index is 0.184. The van der Waals surface area contributed by atoms with E-state index in [0.29, 0.717) is 21.8 Å². The Balaban J connectivity index is 1.86. The highest BCUT2D eigenvalue weighted by atomic mass is 32.1. The molecule has 1 amide bonds. The zero-order chi connectivity index (χ0) is 24.1. The molecule has 2 heterocycles. The van der Waals surface area contributed by atoms with E-state index in [0.717, 1.165) is 11.3 Å². The minimum atomic E-state index is -0.848. The van der Waals surface area contributed by atoms with Gasteiger partial charge in [-0.3, -0.25) is 9.59 Å². The summed E-state index contributed by atoms with van der Waals surface area (Å²) in [6.45, 7) is 5.13. The number of ketones is 1. The van der Waals surface area contributed by atoms with Crippen molar-refractivity contribution < 1.29 is 19.1 Å². The van der Waals surface area contributed by atoms with Crippen molar-refractivity contribution in [3.05, 3.63) is 62.9 Å². The number of ether oxygens (including phenoxy) is 1. The second-order valence-corrected chi connectivity index (χ2v) is 8.29. The molecule has 2 aromatic rings. The van der Waals surface area contributed by atoms with Crippen LogP contribution in [0.4, 0.5) is 5.69 Å². The van der Waals surface area contributed by atoms with Crippen LogP contribution in [0.25, 0.3) is 0 Å². The van der Waals surface area contributed by atoms with Crippen molar-refractivity contribution in [2.45, 2.75) is 27.2 Å². The summed E-state index contributed by atoms with van der Waals surface area (Å²) in [6.07, 6.45) is 1.07. The molecule has 166 valence electrons. The van der Waals surface area contributed by atoms with E-state index in [2.05, 4.69) is 5.10 Å². The Kier molecular flexibility index (Phi) is 7.17. The number of nitrogens with zero attached hydrogens (tertiary/aromatic N) is 4. The molecule has 1 aromatic heterocycles. The van der Waals surface area contributed by atoms with Gasteiger partial charge in [0.15, 0.2) is 5.78 Å². The molecule has 8 nitrogen and oxygen atoms in total. The van der Waals surface area contributed by atoms with Gasteiger partial charge in [-0.2, -0.15) is 20.6 Å². The van der Waals surface area contributed by atoms with E-state index >= 15 is 0 Å². The number of rotatable bonds is 7. The van der Waals surface area contributed by atoms with Crippen LogP contribution in [-0.2, 0) is 20.7 Å². The monoisotopic (exact) mass is 460 g/mol. The fourth-order valence-corrected chi connectivity index (χ4v) is 4.51. The second kappa shape index (κ2) is 10.0. The predicted molar refractivity (Wildman–Crippen MR) is 123 cm³/mol. The predicted octanol–water partition coefficient (Wildman–Crippen LogP) is 3.71. The number of hydrogen-bond donors (Lipinski definition) is 0. The third-order valence-corrected chi connectivity index (χ3v) is 6.32. The molecule has 0 radical (unpaired) electrons. The Morgan fingerprint density at radius 3 is 2.55 bits per heavy atom. The lowest BCUT2D eigenvalue weighted by molar-refractivity contribution is -0.118. The van der Waals surface area contributed by atoms with Gasteiger partial charge in [0.05, 0.1) is 35.1 Å². The number of hydrogen-bond acceptors (Lipinski definition) is 8. The van der Waals surface area contributed by atoms with E-state index < -0.39 is 17.7 Å². The molecule has 1 atom stereocenters. The summed E-state index contributed by atoms with van der Waals surface area (Å²) in [6, 6.07) is 12.7. The summed E-state index contributed by atoms with van der Waals surface area (Å²) < 4.78 is 5.01. The van der Waals surface area contributed by atoms with Crippen molar-refractivity contribution in [3.63, 3.8) is 0 Å². The van der Waals surface area contributed by atoms with Gasteiger partial charge in [0.1, 0.15) is 17.0 Å². The highest BCUT2D eigenvalue weighted by Crippen LogP contribution is 2.30. The first-order chi connectivity index (χ1) is 15.8. The highest BCUT2D eigenvalue weighted by molar-refractivity contribution is 7.14. The lowest BCUT2D eigenvalue weighted by Crippen LogP contribution is -2.26. The van der Waals surface area contributed by atoms with Gasteiger partial charge < -0.3 is 4.74 Å². The molecule has 1 aliphatic rings. The quantitative estimate of drug-likeness (QED) is 0.352. The van der Waals surface area contributed by atoms with Gasteiger partial charge in [0.2, 0.25) is 0 Å². The number of esters is 1. The van der Waals surface area contributed by atoms with Crippen LogP contribution in [0.1, 0.15) is 39.5 Å². The summed E-state index contributed by atoms with van der Waals surface area (Å²) in [5, 5.41) is 24.6. The lowest BCUT2D eigenvalue weighted by atomic mass is 9.97. The Morgan fingerprint density at radius 2 is 1.94 bits per heavy atom. The summed E-state index contributed by atoms with van der Waals surface area (Å²) >= 11 is 1.00. The molecule has 0 bridgehead atoms. The first kappa shape index (κ1) is 23.6. The SMILES string of the molecule is CCOC(=O)c1sc(CC(=O)/C(C#N)=C\[C@H]2C(=O)N(c3ccccc3)N=C2C)c(C#N)c1C. The number of Topliss-reactive ketones (excluding diaryl/α,β-unsaturated/α-hetero) is 1. The average Bonchev–Trinajstić information content (AvgIpc) is 3.27. The van der Waals surface area contributed by atoms with E-state index in [-0.39, 0.29) is 34.9 Å². The first-order valence-corrected chi connectivity index (χ1v) is 10.9. The molecule has 0 saturated carbocycles. The molecule has 9 heteroatoms. The van der Waals surface area contributed by atoms with Gasteiger partial charge in [0.25, 0.3) is 5.91 Å². The van der Waals surface area contributed by atoms with Gasteiger partial charge in [0, 0.05) is 11.3 Å². The fraction of sp³-hybridized carbons (Fsp3) is 0.250. The number of hydrazone groups is 1. The largest absolute Gasteiger partial charge is 0.462 e. The van der Waals surface area contributed by atoms with Gasteiger partial charge in [-0.1, -0.05) is 18.2 Å². The third-order valence-electron chi connectivity index (χ3n) is 5.05. The van der Waals surface area contributed by atoms with Crippen molar-refractivity contribution in [2.75, 3.05) is 11.6 Å². The van der Waals surface area contributed by atoms with Crippen LogP contribution in [-0.4, -0.2) is 30.0 Å². The molecule has 1 aromatic carbocycles. The van der Waals surface area contributed by atoms with Crippen LogP contribution in [0.5, 0.6) is 0 Å². The molecule has 33 heavy (non-hydrogen) atoms. The smallest absolute Gasteiger partial charge is 0.348 e. The Morgan fingerprint density at radius 1 is 1.24 bits per heavy atom. The van der Waals surface area contributed by atoms with Crippen molar-refractivity contribution in [1.82, 2.24) is 0 Å². The molecule has 1 aliphatic heterocycles.